The van der Waals surface area contributed by atoms with E-state index in [0.717, 1.165) is 9.35 Å². The van der Waals surface area contributed by atoms with Crippen molar-refractivity contribution in [2.75, 3.05) is 5.32 Å². The van der Waals surface area contributed by atoms with Crippen LogP contribution in [0.3, 0.4) is 0 Å². The summed E-state index contributed by atoms with van der Waals surface area (Å²) in [5.74, 6) is 0.607. The van der Waals surface area contributed by atoms with Gasteiger partial charge in [0.2, 0.25) is 0 Å². The van der Waals surface area contributed by atoms with Crippen LogP contribution in [0.4, 0.5) is 14.6 Å². The molecule has 0 aliphatic rings. The van der Waals surface area contributed by atoms with E-state index in [1.54, 1.807) is 23.6 Å². The maximum absolute atomic E-state index is 12.1. The SMILES string of the molecule is FC(F)Cn1ccc(NCc2cc(Br)cs2)n1. The first-order valence-electron chi connectivity index (χ1n) is 4.92. The Morgan fingerprint density at radius 2 is 2.35 bits per heavy atom. The highest BCUT2D eigenvalue weighted by Gasteiger charge is 2.05. The quantitative estimate of drug-likeness (QED) is 0.912. The predicted octanol–water partition coefficient (Wildman–Crippen LogP) is 3.58. The smallest absolute Gasteiger partial charge is 0.257 e. The van der Waals surface area contributed by atoms with Gasteiger partial charge in [-0.25, -0.2) is 8.78 Å². The van der Waals surface area contributed by atoms with Crippen molar-refractivity contribution in [1.29, 1.82) is 0 Å². The largest absolute Gasteiger partial charge is 0.364 e. The summed E-state index contributed by atoms with van der Waals surface area (Å²) in [6, 6.07) is 3.69. The van der Waals surface area contributed by atoms with Crippen LogP contribution in [-0.4, -0.2) is 16.2 Å². The van der Waals surface area contributed by atoms with E-state index < -0.39 is 6.43 Å². The van der Waals surface area contributed by atoms with Crippen LogP contribution in [0.25, 0.3) is 0 Å². The lowest BCUT2D eigenvalue weighted by atomic mass is 10.4. The number of aromatic nitrogens is 2. The highest BCUT2D eigenvalue weighted by atomic mass is 79.9. The molecule has 0 radical (unpaired) electrons. The van der Waals surface area contributed by atoms with E-state index in [1.807, 2.05) is 11.4 Å². The van der Waals surface area contributed by atoms with Crippen LogP contribution in [0, 0.1) is 0 Å². The van der Waals surface area contributed by atoms with Crippen LogP contribution in [0.2, 0.25) is 0 Å². The van der Waals surface area contributed by atoms with Gasteiger partial charge in [-0.1, -0.05) is 0 Å². The molecule has 0 aliphatic carbocycles. The number of halogens is 3. The van der Waals surface area contributed by atoms with Crippen molar-refractivity contribution in [3.05, 3.63) is 33.1 Å². The summed E-state index contributed by atoms with van der Waals surface area (Å²) in [5.41, 5.74) is 0. The maximum atomic E-state index is 12.1. The van der Waals surface area contributed by atoms with Gasteiger partial charge in [0, 0.05) is 27.0 Å². The fourth-order valence-electron chi connectivity index (χ4n) is 1.32. The zero-order valence-electron chi connectivity index (χ0n) is 8.74. The molecule has 0 bridgehead atoms. The highest BCUT2D eigenvalue weighted by molar-refractivity contribution is 9.10. The van der Waals surface area contributed by atoms with E-state index >= 15 is 0 Å². The minimum Gasteiger partial charge on any atom is -0.364 e. The van der Waals surface area contributed by atoms with E-state index in [-0.39, 0.29) is 6.54 Å². The van der Waals surface area contributed by atoms with Crippen LogP contribution in [0.5, 0.6) is 0 Å². The number of anilines is 1. The lowest BCUT2D eigenvalue weighted by molar-refractivity contribution is 0.122. The Hall–Kier alpha value is -0.950. The number of alkyl halides is 2. The third-order valence-electron chi connectivity index (χ3n) is 2.03. The molecule has 1 N–H and O–H groups in total. The molecule has 0 unspecified atom stereocenters. The van der Waals surface area contributed by atoms with Crippen molar-refractivity contribution >= 4 is 33.1 Å². The van der Waals surface area contributed by atoms with Crippen molar-refractivity contribution in [2.24, 2.45) is 0 Å². The van der Waals surface area contributed by atoms with E-state index in [9.17, 15) is 8.78 Å². The number of nitrogens with one attached hydrogen (secondary N) is 1. The minimum atomic E-state index is -2.38. The molecule has 3 nitrogen and oxygen atoms in total. The van der Waals surface area contributed by atoms with Gasteiger partial charge in [-0.05, 0) is 22.0 Å². The Balaban J connectivity index is 1.89. The minimum absolute atomic E-state index is 0.369. The molecule has 7 heteroatoms. The average Bonchev–Trinajstić information content (AvgIpc) is 2.84. The van der Waals surface area contributed by atoms with E-state index in [1.165, 1.54) is 4.68 Å². The van der Waals surface area contributed by atoms with E-state index in [0.29, 0.717) is 12.4 Å². The first-order chi connectivity index (χ1) is 8.13. The average molecular weight is 322 g/mol. The topological polar surface area (TPSA) is 29.9 Å². The Labute approximate surface area is 110 Å². The summed E-state index contributed by atoms with van der Waals surface area (Å²) in [6.07, 6.45) is -0.838. The van der Waals surface area contributed by atoms with Crippen molar-refractivity contribution in [2.45, 2.75) is 19.5 Å². The fraction of sp³-hybridized carbons (Fsp3) is 0.300. The van der Waals surface area contributed by atoms with E-state index in [4.69, 9.17) is 0 Å². The number of thiophene rings is 1. The predicted molar refractivity (Wildman–Crippen MR) is 67.6 cm³/mol. The molecule has 92 valence electrons. The molecule has 0 saturated heterocycles. The lowest BCUT2D eigenvalue weighted by Crippen LogP contribution is -2.07. The summed E-state index contributed by atoms with van der Waals surface area (Å²) < 4.78 is 26.5. The van der Waals surface area contributed by atoms with Crippen LogP contribution >= 0.6 is 27.3 Å². The second-order valence-corrected chi connectivity index (χ2v) is 5.31. The first-order valence-corrected chi connectivity index (χ1v) is 6.59. The molecule has 2 aromatic rings. The lowest BCUT2D eigenvalue weighted by Gasteiger charge is -2.01. The number of hydrogen-bond acceptors (Lipinski definition) is 3. The van der Waals surface area contributed by atoms with Gasteiger partial charge in [0.15, 0.2) is 0 Å². The Kier molecular flexibility index (Phi) is 4.11. The van der Waals surface area contributed by atoms with Crippen molar-refractivity contribution in [3.8, 4) is 0 Å². The Morgan fingerprint density at radius 3 is 3.00 bits per heavy atom. The summed E-state index contributed by atoms with van der Waals surface area (Å²) in [6.45, 7) is 0.272. The van der Waals surface area contributed by atoms with E-state index in [2.05, 4.69) is 26.3 Å². The molecule has 0 atom stereocenters. The zero-order valence-corrected chi connectivity index (χ0v) is 11.1. The summed E-state index contributed by atoms with van der Waals surface area (Å²) in [5, 5.41) is 9.06. The van der Waals surface area contributed by atoms with Gasteiger partial charge in [-0.3, -0.25) is 4.68 Å². The molecular weight excluding hydrogens is 312 g/mol. The molecule has 0 saturated carbocycles. The Morgan fingerprint density at radius 1 is 1.53 bits per heavy atom. The number of hydrogen-bond donors (Lipinski definition) is 1. The number of rotatable bonds is 5. The second-order valence-electron chi connectivity index (χ2n) is 3.40. The third-order valence-corrected chi connectivity index (χ3v) is 3.73. The molecule has 2 rings (SSSR count). The molecule has 0 aromatic carbocycles. The molecule has 0 fully saturated rings. The molecule has 0 amide bonds. The molecule has 0 aliphatic heterocycles. The molecule has 0 spiro atoms. The molecule has 2 aromatic heterocycles. The monoisotopic (exact) mass is 321 g/mol. The van der Waals surface area contributed by atoms with Crippen LogP contribution in [0.15, 0.2) is 28.2 Å². The summed E-state index contributed by atoms with van der Waals surface area (Å²) >= 11 is 4.99. The van der Waals surface area contributed by atoms with Crippen LogP contribution < -0.4 is 5.32 Å². The molecule has 17 heavy (non-hydrogen) atoms. The Bertz CT molecular complexity index is 483. The summed E-state index contributed by atoms with van der Waals surface area (Å²) in [7, 11) is 0. The molecular formula is C10H10BrF2N3S. The second kappa shape index (κ2) is 5.59. The van der Waals surface area contributed by atoms with Gasteiger partial charge in [0.05, 0.1) is 6.54 Å². The standard InChI is InChI=1S/C10H10BrF2N3S/c11-7-3-8(17-6-7)4-14-10-1-2-16(15-10)5-9(12)13/h1-3,6,9H,4-5H2,(H,14,15). The first kappa shape index (κ1) is 12.5. The van der Waals surface area contributed by atoms with Gasteiger partial charge in [-0.2, -0.15) is 5.10 Å². The van der Waals surface area contributed by atoms with Crippen molar-refractivity contribution in [1.82, 2.24) is 9.78 Å². The van der Waals surface area contributed by atoms with Crippen LogP contribution in [-0.2, 0) is 13.1 Å². The van der Waals surface area contributed by atoms with Gasteiger partial charge < -0.3 is 5.32 Å². The zero-order chi connectivity index (χ0) is 12.3. The maximum Gasteiger partial charge on any atom is 0.257 e. The van der Waals surface area contributed by atoms with Crippen molar-refractivity contribution in [3.63, 3.8) is 0 Å². The van der Waals surface area contributed by atoms with Crippen LogP contribution in [0.1, 0.15) is 4.88 Å². The van der Waals surface area contributed by atoms with Gasteiger partial charge in [-0.15, -0.1) is 11.3 Å². The normalized spacial score (nSPS) is 11.1. The van der Waals surface area contributed by atoms with Crippen molar-refractivity contribution < 1.29 is 8.78 Å². The van der Waals surface area contributed by atoms with Gasteiger partial charge in [0.1, 0.15) is 12.4 Å². The fourth-order valence-corrected chi connectivity index (χ4v) is 2.71. The number of nitrogens with zero attached hydrogens (tertiary/aromatic N) is 2. The highest BCUT2D eigenvalue weighted by Crippen LogP contribution is 2.20. The third kappa shape index (κ3) is 3.78. The van der Waals surface area contributed by atoms with Gasteiger partial charge in [0.25, 0.3) is 6.43 Å². The van der Waals surface area contributed by atoms with Gasteiger partial charge >= 0.3 is 0 Å². The summed E-state index contributed by atoms with van der Waals surface area (Å²) in [4.78, 5) is 1.15. The molecule has 2 heterocycles.